The van der Waals surface area contributed by atoms with E-state index in [4.69, 9.17) is 0 Å². The summed E-state index contributed by atoms with van der Waals surface area (Å²) < 4.78 is 12.9. The number of nitrogens with zero attached hydrogens (tertiary/aromatic N) is 2. The van der Waals surface area contributed by atoms with Gasteiger partial charge in [-0.3, -0.25) is 4.79 Å². The Morgan fingerprint density at radius 3 is 2.64 bits per heavy atom. The minimum atomic E-state index is -0.201. The molecule has 5 heteroatoms. The predicted octanol–water partition coefficient (Wildman–Crippen LogP) is 3.94. The second-order valence-electron chi connectivity index (χ2n) is 6.30. The molecule has 0 aliphatic carbocycles. The number of halogens is 1. The van der Waals surface area contributed by atoms with Crippen molar-refractivity contribution >= 4 is 22.5 Å². The summed E-state index contributed by atoms with van der Waals surface area (Å²) >= 11 is 0. The topological polar surface area (TPSA) is 54.9 Å². The minimum absolute atomic E-state index is 0.0775. The number of carbonyl (C=O) groups excluding carboxylic acids is 1. The molecule has 1 aliphatic heterocycles. The number of benzene rings is 2. The molecule has 0 unspecified atom stereocenters. The van der Waals surface area contributed by atoms with Crippen molar-refractivity contribution in [1.29, 1.82) is 0 Å². The van der Waals surface area contributed by atoms with Crippen LogP contribution >= 0.6 is 0 Å². The number of hydrogen-bond donors (Lipinski definition) is 1. The first-order chi connectivity index (χ1) is 12.2. The molecule has 2 aromatic carbocycles. The third-order valence-electron chi connectivity index (χ3n) is 4.52. The molecular weight excluding hydrogens is 317 g/mol. The maximum Gasteiger partial charge on any atom is 0.182 e. The van der Waals surface area contributed by atoms with Gasteiger partial charge in [0.15, 0.2) is 5.78 Å². The highest BCUT2D eigenvalue weighted by Gasteiger charge is 2.20. The third kappa shape index (κ3) is 3.22. The second-order valence-corrected chi connectivity index (χ2v) is 6.30. The van der Waals surface area contributed by atoms with Gasteiger partial charge in [0.25, 0.3) is 0 Å². The molecule has 25 heavy (non-hydrogen) atoms. The number of aryl methyl sites for hydroxylation is 2. The second kappa shape index (κ2) is 6.59. The molecule has 2 heterocycles. The Morgan fingerprint density at radius 2 is 1.80 bits per heavy atom. The largest absolute Gasteiger partial charge is 0.362 e. The molecule has 0 amide bonds. The highest BCUT2D eigenvalue weighted by Crippen LogP contribution is 2.28. The number of anilines is 1. The van der Waals surface area contributed by atoms with Gasteiger partial charge in [0.1, 0.15) is 17.5 Å². The maximum atomic E-state index is 12.9. The Kier molecular flexibility index (Phi) is 4.14. The number of hydrogen-bond acceptors (Lipinski definition) is 4. The number of ketones is 1. The molecule has 0 saturated carbocycles. The number of Topliss-reactive ketones (excluding diaryl/α,β-unsaturated/α-hetero) is 1. The Hall–Kier alpha value is -2.82. The lowest BCUT2D eigenvalue weighted by molar-refractivity contribution is 0.101. The van der Waals surface area contributed by atoms with E-state index in [-0.39, 0.29) is 18.1 Å². The van der Waals surface area contributed by atoms with Gasteiger partial charge in [0, 0.05) is 12.0 Å². The lowest BCUT2D eigenvalue weighted by atomic mass is 10.0. The molecule has 3 aromatic rings. The van der Waals surface area contributed by atoms with Gasteiger partial charge in [0.2, 0.25) is 0 Å². The van der Waals surface area contributed by atoms with Crippen LogP contribution in [-0.4, -0.2) is 22.3 Å². The standard InChI is InChI=1S/C20H18FN3O/c21-14-10-8-13(9-11-14)4-1-2-7-18-23-16-6-3-5-15-17(25)12-22-20(24-18)19(15)16/h3,5-6,8-11H,1-2,4,7,12H2,(H,22,23,24). The maximum absolute atomic E-state index is 12.9. The van der Waals surface area contributed by atoms with Crippen LogP contribution in [0.2, 0.25) is 0 Å². The zero-order chi connectivity index (χ0) is 17.2. The lowest BCUT2D eigenvalue weighted by Crippen LogP contribution is -2.21. The summed E-state index contributed by atoms with van der Waals surface area (Å²) in [6, 6.07) is 12.3. The fraction of sp³-hybridized carbons (Fsp3) is 0.250. The van der Waals surface area contributed by atoms with Crippen LogP contribution in [0.4, 0.5) is 10.2 Å². The van der Waals surface area contributed by atoms with Crippen molar-refractivity contribution in [2.24, 2.45) is 0 Å². The van der Waals surface area contributed by atoms with Crippen LogP contribution in [-0.2, 0) is 12.8 Å². The molecule has 0 atom stereocenters. The average molecular weight is 335 g/mol. The number of nitrogens with one attached hydrogen (secondary N) is 1. The number of unbranched alkanes of at least 4 members (excludes halogenated alkanes) is 1. The van der Waals surface area contributed by atoms with Crippen LogP contribution < -0.4 is 5.32 Å². The number of aromatic nitrogens is 2. The van der Waals surface area contributed by atoms with Crippen LogP contribution in [0.5, 0.6) is 0 Å². The van der Waals surface area contributed by atoms with E-state index < -0.39 is 0 Å². The zero-order valence-corrected chi connectivity index (χ0v) is 13.8. The van der Waals surface area contributed by atoms with Crippen molar-refractivity contribution in [3.8, 4) is 0 Å². The van der Waals surface area contributed by atoms with Crippen molar-refractivity contribution in [1.82, 2.24) is 9.97 Å². The van der Waals surface area contributed by atoms with E-state index in [0.717, 1.165) is 53.8 Å². The third-order valence-corrected chi connectivity index (χ3v) is 4.52. The molecule has 0 spiro atoms. The van der Waals surface area contributed by atoms with Crippen LogP contribution in [0.3, 0.4) is 0 Å². The highest BCUT2D eigenvalue weighted by atomic mass is 19.1. The quantitative estimate of drug-likeness (QED) is 0.718. The fourth-order valence-electron chi connectivity index (χ4n) is 3.23. The normalized spacial score (nSPS) is 13.1. The molecule has 0 bridgehead atoms. The van der Waals surface area contributed by atoms with Gasteiger partial charge in [-0.05, 0) is 43.0 Å². The molecule has 1 aromatic heterocycles. The van der Waals surface area contributed by atoms with E-state index in [1.807, 2.05) is 30.3 Å². The average Bonchev–Trinajstić information content (AvgIpc) is 2.63. The Labute approximate surface area is 145 Å². The van der Waals surface area contributed by atoms with E-state index in [2.05, 4.69) is 15.3 Å². The van der Waals surface area contributed by atoms with E-state index in [1.54, 1.807) is 0 Å². The van der Waals surface area contributed by atoms with Gasteiger partial charge >= 0.3 is 0 Å². The molecule has 4 rings (SSSR count). The van der Waals surface area contributed by atoms with Gasteiger partial charge < -0.3 is 5.32 Å². The Morgan fingerprint density at radius 1 is 1.00 bits per heavy atom. The molecule has 0 fully saturated rings. The molecule has 1 N–H and O–H groups in total. The van der Waals surface area contributed by atoms with Crippen LogP contribution in [0.25, 0.3) is 10.9 Å². The summed E-state index contributed by atoms with van der Waals surface area (Å²) in [5.74, 6) is 1.43. The smallest absolute Gasteiger partial charge is 0.182 e. The fourth-order valence-corrected chi connectivity index (χ4v) is 3.23. The van der Waals surface area contributed by atoms with Gasteiger partial charge in [-0.1, -0.05) is 24.3 Å². The first kappa shape index (κ1) is 15.7. The summed E-state index contributed by atoms with van der Waals surface area (Å²) in [7, 11) is 0. The number of carbonyl (C=O) groups is 1. The monoisotopic (exact) mass is 335 g/mol. The highest BCUT2D eigenvalue weighted by molar-refractivity contribution is 6.15. The molecule has 4 nitrogen and oxygen atoms in total. The Bertz CT molecular complexity index is 938. The first-order valence-electron chi connectivity index (χ1n) is 8.52. The summed E-state index contributed by atoms with van der Waals surface area (Å²) in [5.41, 5.74) is 2.66. The van der Waals surface area contributed by atoms with Crippen molar-refractivity contribution in [3.63, 3.8) is 0 Å². The van der Waals surface area contributed by atoms with E-state index in [0.29, 0.717) is 5.56 Å². The molecule has 0 radical (unpaired) electrons. The lowest BCUT2D eigenvalue weighted by Gasteiger charge is -2.17. The van der Waals surface area contributed by atoms with Crippen molar-refractivity contribution in [3.05, 3.63) is 65.2 Å². The summed E-state index contributed by atoms with van der Waals surface area (Å²) in [6.45, 7) is 0.285. The zero-order valence-electron chi connectivity index (χ0n) is 13.8. The van der Waals surface area contributed by atoms with Gasteiger partial charge in [-0.2, -0.15) is 0 Å². The van der Waals surface area contributed by atoms with Crippen LogP contribution in [0.1, 0.15) is 34.6 Å². The Balaban J connectivity index is 1.46. The minimum Gasteiger partial charge on any atom is -0.362 e. The SMILES string of the molecule is O=C1CNc2nc(CCCCc3ccc(F)cc3)nc3cccc1c23. The van der Waals surface area contributed by atoms with Crippen LogP contribution in [0, 0.1) is 5.82 Å². The van der Waals surface area contributed by atoms with Crippen LogP contribution in [0.15, 0.2) is 42.5 Å². The van der Waals surface area contributed by atoms with Gasteiger partial charge in [0.05, 0.1) is 17.4 Å². The van der Waals surface area contributed by atoms with Gasteiger partial charge in [-0.15, -0.1) is 0 Å². The van der Waals surface area contributed by atoms with Crippen molar-refractivity contribution in [2.75, 3.05) is 11.9 Å². The summed E-state index contributed by atoms with van der Waals surface area (Å²) in [4.78, 5) is 21.2. The molecule has 126 valence electrons. The van der Waals surface area contributed by atoms with Crippen molar-refractivity contribution in [2.45, 2.75) is 25.7 Å². The van der Waals surface area contributed by atoms with E-state index in [1.165, 1.54) is 12.1 Å². The molecule has 1 aliphatic rings. The van der Waals surface area contributed by atoms with Crippen molar-refractivity contribution < 1.29 is 9.18 Å². The predicted molar refractivity (Wildman–Crippen MR) is 95.4 cm³/mol. The van der Waals surface area contributed by atoms with Gasteiger partial charge in [-0.25, -0.2) is 14.4 Å². The molecular formula is C20H18FN3O. The number of rotatable bonds is 5. The van der Waals surface area contributed by atoms with E-state index >= 15 is 0 Å². The summed E-state index contributed by atoms with van der Waals surface area (Å²) in [5, 5.41) is 3.93. The molecule has 0 saturated heterocycles. The first-order valence-corrected chi connectivity index (χ1v) is 8.52. The summed E-state index contributed by atoms with van der Waals surface area (Å²) in [6.07, 6.45) is 3.65. The van der Waals surface area contributed by atoms with E-state index in [9.17, 15) is 9.18 Å².